The molecule has 0 aliphatic carbocycles. The van der Waals surface area contributed by atoms with Crippen LogP contribution in [-0.4, -0.2) is 25.2 Å². The second-order valence-corrected chi connectivity index (χ2v) is 5.00. The number of thioether (sulfide) groups is 1. The van der Waals surface area contributed by atoms with Crippen LogP contribution in [0.4, 0.5) is 0 Å². The van der Waals surface area contributed by atoms with Gasteiger partial charge < -0.3 is 0 Å². The van der Waals surface area contributed by atoms with Gasteiger partial charge in [0.1, 0.15) is 10.7 Å². The van der Waals surface area contributed by atoms with Gasteiger partial charge in [0.15, 0.2) is 0 Å². The quantitative estimate of drug-likeness (QED) is 0.655. The molecule has 0 aromatic rings. The molecular formula is C6H12O2S2. The van der Waals surface area contributed by atoms with E-state index in [4.69, 9.17) is 0 Å². The van der Waals surface area contributed by atoms with Crippen LogP contribution in [-0.2, 0) is 10.7 Å². The molecule has 1 saturated heterocycles. The van der Waals surface area contributed by atoms with Crippen LogP contribution in [0.25, 0.3) is 0 Å². The van der Waals surface area contributed by atoms with Crippen molar-refractivity contribution in [2.75, 3.05) is 11.5 Å². The molecule has 1 aliphatic rings. The molecule has 0 radical (unpaired) electrons. The van der Waals surface area contributed by atoms with Gasteiger partial charge in [-0.05, 0) is 25.0 Å². The fraction of sp³-hybridized carbons (Fsp3) is 1.00. The first kappa shape index (κ1) is 8.40. The Hall–Kier alpha value is 0.300. The van der Waals surface area contributed by atoms with Crippen LogP contribution in [0.3, 0.4) is 0 Å². The Kier molecular flexibility index (Phi) is 3.56. The van der Waals surface area contributed by atoms with Gasteiger partial charge in [-0.1, -0.05) is 0 Å². The highest BCUT2D eigenvalue weighted by atomic mass is 32.2. The third kappa shape index (κ3) is 2.92. The molecule has 0 aromatic heterocycles. The van der Waals surface area contributed by atoms with Gasteiger partial charge in [-0.2, -0.15) is 11.8 Å². The molecular weight excluding hydrogens is 168 g/mol. The first-order valence-corrected chi connectivity index (χ1v) is 5.93. The topological polar surface area (TPSA) is 34.1 Å². The average molecular weight is 180 g/mol. The zero-order chi connectivity index (χ0) is 7.40. The molecule has 4 heteroatoms. The van der Waals surface area contributed by atoms with E-state index in [1.165, 1.54) is 18.6 Å². The van der Waals surface area contributed by atoms with E-state index >= 15 is 0 Å². The molecule has 1 unspecified atom stereocenters. The second kappa shape index (κ2) is 4.23. The van der Waals surface area contributed by atoms with Crippen molar-refractivity contribution in [3.05, 3.63) is 0 Å². The molecule has 0 saturated carbocycles. The molecule has 1 aliphatic heterocycles. The van der Waals surface area contributed by atoms with Crippen molar-refractivity contribution >= 4 is 22.5 Å². The summed E-state index contributed by atoms with van der Waals surface area (Å²) in [5.74, 6) is 1.60. The lowest BCUT2D eigenvalue weighted by atomic mass is 10.2. The Morgan fingerprint density at radius 3 is 2.80 bits per heavy atom. The number of thiol groups is 1. The molecule has 0 N–H and O–H groups in total. The standard InChI is InChI=1S/C6H12O2S2/c7-10(8)5-3-6-2-1-4-9-6/h6,10H,1-5H2. The van der Waals surface area contributed by atoms with Gasteiger partial charge in [0.05, 0.1) is 0 Å². The number of rotatable bonds is 3. The van der Waals surface area contributed by atoms with Gasteiger partial charge in [-0.25, -0.2) is 8.42 Å². The van der Waals surface area contributed by atoms with E-state index in [2.05, 4.69) is 0 Å². The maximum Gasteiger partial charge on any atom is 0.140 e. The number of hydrogen-bond donors (Lipinski definition) is 1. The summed E-state index contributed by atoms with van der Waals surface area (Å²) in [4.78, 5) is 0. The van der Waals surface area contributed by atoms with Gasteiger partial charge in [-0.3, -0.25) is 0 Å². The van der Waals surface area contributed by atoms with Crippen molar-refractivity contribution in [1.82, 2.24) is 0 Å². The van der Waals surface area contributed by atoms with Crippen LogP contribution in [0, 0.1) is 0 Å². The fourth-order valence-electron chi connectivity index (χ4n) is 1.12. The molecule has 1 fully saturated rings. The Morgan fingerprint density at radius 1 is 1.50 bits per heavy atom. The minimum atomic E-state index is -2.13. The highest BCUT2D eigenvalue weighted by molar-refractivity contribution is 8.00. The zero-order valence-corrected chi connectivity index (χ0v) is 7.50. The lowest BCUT2D eigenvalue weighted by molar-refractivity contribution is 0.610. The molecule has 0 aromatic carbocycles. The SMILES string of the molecule is O=[SH](=O)CCC1CCCS1. The first-order chi connectivity index (χ1) is 4.79. The number of hydrogen-bond acceptors (Lipinski definition) is 3. The molecule has 1 atom stereocenters. The molecule has 0 amide bonds. The minimum Gasteiger partial charge on any atom is -0.232 e. The van der Waals surface area contributed by atoms with E-state index < -0.39 is 10.7 Å². The Bertz CT molecular complexity index is 151. The summed E-state index contributed by atoms with van der Waals surface area (Å²) >= 11 is 1.92. The van der Waals surface area contributed by atoms with E-state index in [-0.39, 0.29) is 0 Å². The van der Waals surface area contributed by atoms with Crippen LogP contribution >= 0.6 is 11.8 Å². The predicted molar refractivity (Wildman–Crippen MR) is 45.3 cm³/mol. The molecule has 10 heavy (non-hydrogen) atoms. The first-order valence-electron chi connectivity index (χ1n) is 3.52. The Balaban J connectivity index is 2.12. The Labute approximate surface area is 67.3 Å². The van der Waals surface area contributed by atoms with Crippen molar-refractivity contribution in [1.29, 1.82) is 0 Å². The van der Waals surface area contributed by atoms with Gasteiger partial charge >= 0.3 is 0 Å². The zero-order valence-electron chi connectivity index (χ0n) is 5.78. The van der Waals surface area contributed by atoms with Crippen molar-refractivity contribution < 1.29 is 8.42 Å². The highest BCUT2D eigenvalue weighted by Gasteiger charge is 2.14. The summed E-state index contributed by atoms with van der Waals surface area (Å²) in [6, 6.07) is 0. The summed E-state index contributed by atoms with van der Waals surface area (Å²) in [5.41, 5.74) is 0. The maximum absolute atomic E-state index is 10.2. The summed E-state index contributed by atoms with van der Waals surface area (Å²) in [6.07, 6.45) is 3.35. The molecule has 0 spiro atoms. The molecule has 2 nitrogen and oxygen atoms in total. The lowest BCUT2D eigenvalue weighted by Gasteiger charge is -2.02. The molecule has 0 bridgehead atoms. The van der Waals surface area contributed by atoms with Crippen molar-refractivity contribution in [3.63, 3.8) is 0 Å². The van der Waals surface area contributed by atoms with Crippen LogP contribution < -0.4 is 0 Å². The Morgan fingerprint density at radius 2 is 2.30 bits per heavy atom. The summed E-state index contributed by atoms with van der Waals surface area (Å²) in [6.45, 7) is 0. The summed E-state index contributed by atoms with van der Waals surface area (Å²) in [7, 11) is -2.13. The highest BCUT2D eigenvalue weighted by Crippen LogP contribution is 2.28. The van der Waals surface area contributed by atoms with E-state index in [0.717, 1.165) is 6.42 Å². The monoisotopic (exact) mass is 180 g/mol. The van der Waals surface area contributed by atoms with E-state index in [9.17, 15) is 8.42 Å². The predicted octanol–water partition coefficient (Wildman–Crippen LogP) is 0.884. The molecule has 1 rings (SSSR count). The van der Waals surface area contributed by atoms with Crippen LogP contribution in [0.2, 0.25) is 0 Å². The van der Waals surface area contributed by atoms with E-state index in [1.807, 2.05) is 11.8 Å². The third-order valence-electron chi connectivity index (χ3n) is 1.66. The second-order valence-electron chi connectivity index (χ2n) is 2.48. The van der Waals surface area contributed by atoms with Gasteiger partial charge in [0, 0.05) is 11.0 Å². The van der Waals surface area contributed by atoms with Crippen molar-refractivity contribution in [2.24, 2.45) is 0 Å². The fourth-order valence-corrected chi connectivity index (χ4v) is 3.10. The summed E-state index contributed by atoms with van der Waals surface area (Å²) in [5, 5.41) is 0.632. The summed E-state index contributed by atoms with van der Waals surface area (Å²) < 4.78 is 20.4. The van der Waals surface area contributed by atoms with Crippen LogP contribution in [0.15, 0.2) is 0 Å². The normalized spacial score (nSPS) is 25.9. The van der Waals surface area contributed by atoms with Gasteiger partial charge in [0.2, 0.25) is 0 Å². The molecule has 1 heterocycles. The van der Waals surface area contributed by atoms with Crippen LogP contribution in [0.5, 0.6) is 0 Å². The van der Waals surface area contributed by atoms with E-state index in [0.29, 0.717) is 11.0 Å². The largest absolute Gasteiger partial charge is 0.232 e. The third-order valence-corrected chi connectivity index (χ3v) is 3.75. The van der Waals surface area contributed by atoms with Gasteiger partial charge in [0.25, 0.3) is 0 Å². The average Bonchev–Trinajstić information content (AvgIpc) is 2.34. The smallest absolute Gasteiger partial charge is 0.140 e. The maximum atomic E-state index is 10.2. The van der Waals surface area contributed by atoms with Crippen LogP contribution in [0.1, 0.15) is 19.3 Å². The minimum absolute atomic E-state index is 0.382. The van der Waals surface area contributed by atoms with E-state index in [1.54, 1.807) is 0 Å². The lowest BCUT2D eigenvalue weighted by Crippen LogP contribution is -2.00. The van der Waals surface area contributed by atoms with Gasteiger partial charge in [-0.15, -0.1) is 0 Å². The van der Waals surface area contributed by atoms with Crippen molar-refractivity contribution in [3.8, 4) is 0 Å². The van der Waals surface area contributed by atoms with Crippen molar-refractivity contribution in [2.45, 2.75) is 24.5 Å². The molecule has 60 valence electrons.